The molecule has 0 amide bonds. The number of para-hydroxylation sites is 2. The van der Waals surface area contributed by atoms with Gasteiger partial charge in [-0.15, -0.1) is 0 Å². The smallest absolute Gasteiger partial charge is 0.408 e. The molecule has 122 valence electrons. The normalized spacial score (nSPS) is 16.0. The molecule has 1 aliphatic rings. The highest BCUT2D eigenvalue weighted by atomic mass is 32.7. The maximum Gasteiger partial charge on any atom is 0.493 e. The summed E-state index contributed by atoms with van der Waals surface area (Å²) in [5.74, 6) is 1.16. The molecule has 0 N–H and O–H groups in total. The van der Waals surface area contributed by atoms with Crippen molar-refractivity contribution in [3.05, 3.63) is 60.7 Å². The Morgan fingerprint density at radius 1 is 0.783 bits per heavy atom. The third-order valence-electron chi connectivity index (χ3n) is 3.75. The molecule has 0 saturated heterocycles. The second-order valence-electron chi connectivity index (χ2n) is 5.62. The predicted molar refractivity (Wildman–Crippen MR) is 96.2 cm³/mol. The Labute approximate surface area is 141 Å². The fourth-order valence-electron chi connectivity index (χ4n) is 2.64. The zero-order valence-electron chi connectivity index (χ0n) is 13.0. The number of hydrogen-bond donors (Lipinski definition) is 0. The van der Waals surface area contributed by atoms with Crippen LogP contribution in [0.4, 0.5) is 0 Å². The van der Waals surface area contributed by atoms with Gasteiger partial charge in [0.25, 0.3) is 0 Å². The van der Waals surface area contributed by atoms with Gasteiger partial charge in [0.05, 0.1) is 0 Å². The van der Waals surface area contributed by atoms with E-state index in [1.54, 1.807) is 0 Å². The summed E-state index contributed by atoms with van der Waals surface area (Å²) in [5.41, 5.74) is 0. The second kappa shape index (κ2) is 7.94. The van der Waals surface area contributed by atoms with E-state index in [-0.39, 0.29) is 0 Å². The largest absolute Gasteiger partial charge is 0.493 e. The van der Waals surface area contributed by atoms with Crippen molar-refractivity contribution in [1.82, 2.24) is 0 Å². The molecule has 1 aliphatic carbocycles. The van der Waals surface area contributed by atoms with Gasteiger partial charge in [-0.05, 0) is 48.5 Å². The van der Waals surface area contributed by atoms with Crippen LogP contribution in [0, 0.1) is 0 Å². The molecular formula is C18H21O3PS. The van der Waals surface area contributed by atoms with E-state index in [9.17, 15) is 4.57 Å². The van der Waals surface area contributed by atoms with Crippen molar-refractivity contribution in [1.29, 1.82) is 0 Å². The van der Waals surface area contributed by atoms with E-state index in [1.807, 2.05) is 60.7 Å². The van der Waals surface area contributed by atoms with Gasteiger partial charge in [-0.2, -0.15) is 0 Å². The Kier molecular flexibility index (Phi) is 5.69. The first-order valence-electron chi connectivity index (χ1n) is 8.01. The van der Waals surface area contributed by atoms with Gasteiger partial charge in [0.1, 0.15) is 11.5 Å². The maximum absolute atomic E-state index is 13.3. The van der Waals surface area contributed by atoms with Crippen LogP contribution in [0.3, 0.4) is 0 Å². The van der Waals surface area contributed by atoms with Gasteiger partial charge in [0.15, 0.2) is 0 Å². The van der Waals surface area contributed by atoms with Crippen molar-refractivity contribution >= 4 is 18.2 Å². The lowest BCUT2D eigenvalue weighted by Crippen LogP contribution is -2.10. The second-order valence-corrected chi connectivity index (χ2v) is 9.73. The molecule has 0 aliphatic heterocycles. The molecule has 0 radical (unpaired) electrons. The molecule has 1 saturated carbocycles. The third kappa shape index (κ3) is 5.05. The Morgan fingerprint density at radius 2 is 1.26 bits per heavy atom. The predicted octanol–water partition coefficient (Wildman–Crippen LogP) is 6.32. The van der Waals surface area contributed by atoms with Crippen molar-refractivity contribution < 1.29 is 13.6 Å². The minimum absolute atomic E-state index is 0.335. The monoisotopic (exact) mass is 348 g/mol. The summed E-state index contributed by atoms with van der Waals surface area (Å²) < 4.78 is 24.9. The first-order valence-corrected chi connectivity index (χ1v) is 11.0. The lowest BCUT2D eigenvalue weighted by atomic mass is 10.0. The SMILES string of the molecule is O=P(Oc1ccccc1)(Oc1ccccc1)SC1CCCCC1. The van der Waals surface area contributed by atoms with E-state index < -0.39 is 6.80 Å². The zero-order valence-corrected chi connectivity index (χ0v) is 14.7. The quantitative estimate of drug-likeness (QED) is 0.572. The van der Waals surface area contributed by atoms with Crippen LogP contribution in [0.5, 0.6) is 11.5 Å². The average Bonchev–Trinajstić information content (AvgIpc) is 2.57. The summed E-state index contributed by atoms with van der Waals surface area (Å²) in [7, 11) is 0. The Hall–Kier alpha value is -1.38. The van der Waals surface area contributed by atoms with E-state index in [0.717, 1.165) is 12.8 Å². The Morgan fingerprint density at radius 3 is 1.74 bits per heavy atom. The first kappa shape index (κ1) is 16.5. The fourth-order valence-corrected chi connectivity index (χ4v) is 6.93. The van der Waals surface area contributed by atoms with Gasteiger partial charge in [-0.3, -0.25) is 0 Å². The van der Waals surface area contributed by atoms with Crippen LogP contribution in [-0.4, -0.2) is 5.25 Å². The van der Waals surface area contributed by atoms with Crippen LogP contribution in [-0.2, 0) is 4.57 Å². The highest BCUT2D eigenvalue weighted by molar-refractivity contribution is 8.55. The van der Waals surface area contributed by atoms with Gasteiger partial charge in [0, 0.05) is 5.25 Å². The van der Waals surface area contributed by atoms with E-state index in [4.69, 9.17) is 9.05 Å². The molecule has 0 heterocycles. The molecule has 23 heavy (non-hydrogen) atoms. The highest BCUT2D eigenvalue weighted by Gasteiger charge is 2.34. The fraction of sp³-hybridized carbons (Fsp3) is 0.333. The summed E-state index contributed by atoms with van der Waals surface area (Å²) in [5, 5.41) is 0.335. The summed E-state index contributed by atoms with van der Waals surface area (Å²) >= 11 is 1.37. The Balaban J connectivity index is 1.77. The van der Waals surface area contributed by atoms with Crippen LogP contribution in [0.15, 0.2) is 60.7 Å². The van der Waals surface area contributed by atoms with Crippen LogP contribution in [0.1, 0.15) is 32.1 Å². The van der Waals surface area contributed by atoms with E-state index in [1.165, 1.54) is 30.6 Å². The van der Waals surface area contributed by atoms with E-state index >= 15 is 0 Å². The molecule has 2 aromatic rings. The van der Waals surface area contributed by atoms with Crippen molar-refractivity contribution in [2.45, 2.75) is 37.4 Å². The van der Waals surface area contributed by atoms with Crippen molar-refractivity contribution in [2.75, 3.05) is 0 Å². The minimum atomic E-state index is -3.31. The maximum atomic E-state index is 13.3. The molecule has 5 heteroatoms. The molecule has 0 unspecified atom stereocenters. The summed E-state index contributed by atoms with van der Waals surface area (Å²) in [6.45, 7) is -3.31. The van der Waals surface area contributed by atoms with Crippen molar-refractivity contribution in [3.63, 3.8) is 0 Å². The average molecular weight is 348 g/mol. The molecular weight excluding hydrogens is 327 g/mol. The summed E-state index contributed by atoms with van der Waals surface area (Å²) in [4.78, 5) is 0. The van der Waals surface area contributed by atoms with Crippen LogP contribution < -0.4 is 9.05 Å². The standard InChI is InChI=1S/C18H21O3PS/c19-22(20-16-10-4-1-5-11-16,21-17-12-6-2-7-13-17)23-18-14-8-3-9-15-18/h1-2,4-7,10-13,18H,3,8-9,14-15H2. The van der Waals surface area contributed by atoms with Crippen LogP contribution >= 0.6 is 18.2 Å². The third-order valence-corrected chi connectivity index (χ3v) is 7.76. The van der Waals surface area contributed by atoms with Crippen molar-refractivity contribution in [2.24, 2.45) is 0 Å². The van der Waals surface area contributed by atoms with Gasteiger partial charge < -0.3 is 9.05 Å². The zero-order chi connectivity index (χ0) is 16.0. The minimum Gasteiger partial charge on any atom is -0.408 e. The molecule has 2 aromatic carbocycles. The molecule has 3 nitrogen and oxygen atoms in total. The molecule has 0 aromatic heterocycles. The lowest BCUT2D eigenvalue weighted by molar-refractivity contribution is 0.407. The topological polar surface area (TPSA) is 35.5 Å². The molecule has 0 bridgehead atoms. The van der Waals surface area contributed by atoms with Crippen LogP contribution in [0.2, 0.25) is 0 Å². The van der Waals surface area contributed by atoms with E-state index in [2.05, 4.69) is 0 Å². The van der Waals surface area contributed by atoms with Gasteiger partial charge in [-0.1, -0.05) is 55.7 Å². The molecule has 1 fully saturated rings. The van der Waals surface area contributed by atoms with E-state index in [0.29, 0.717) is 16.7 Å². The van der Waals surface area contributed by atoms with Gasteiger partial charge in [-0.25, -0.2) is 4.57 Å². The lowest BCUT2D eigenvalue weighted by Gasteiger charge is -2.25. The number of rotatable bonds is 6. The van der Waals surface area contributed by atoms with Gasteiger partial charge in [0.2, 0.25) is 0 Å². The molecule has 0 atom stereocenters. The van der Waals surface area contributed by atoms with Gasteiger partial charge >= 0.3 is 6.80 Å². The Bertz CT molecular complexity index is 596. The van der Waals surface area contributed by atoms with Crippen molar-refractivity contribution in [3.8, 4) is 11.5 Å². The molecule has 0 spiro atoms. The highest BCUT2D eigenvalue weighted by Crippen LogP contribution is 2.62. The summed E-state index contributed by atoms with van der Waals surface area (Å²) in [6, 6.07) is 18.5. The molecule has 3 rings (SSSR count). The number of hydrogen-bond acceptors (Lipinski definition) is 4. The number of benzene rings is 2. The first-order chi connectivity index (χ1) is 11.2. The summed E-state index contributed by atoms with van der Waals surface area (Å²) in [6.07, 6.45) is 5.79. The van der Waals surface area contributed by atoms with Crippen LogP contribution in [0.25, 0.3) is 0 Å².